The van der Waals surface area contributed by atoms with E-state index < -0.39 is 45.8 Å². The third-order valence-electron chi connectivity index (χ3n) is 4.83. The van der Waals surface area contributed by atoms with Crippen LogP contribution in [0.4, 0.5) is 35.1 Å². The maximum atomic E-state index is 14.5. The molecule has 1 atom stereocenters. The molecule has 9 nitrogen and oxygen atoms in total. The normalized spacial score (nSPS) is 11.9. The van der Waals surface area contributed by atoms with E-state index in [4.69, 9.17) is 11.5 Å². The summed E-state index contributed by atoms with van der Waals surface area (Å²) in [6.07, 6.45) is 0. The first-order chi connectivity index (χ1) is 16.1. The molecule has 34 heavy (non-hydrogen) atoms. The summed E-state index contributed by atoms with van der Waals surface area (Å²) in [5.41, 5.74) is 9.39. The Kier molecular flexibility index (Phi) is 5.50. The van der Waals surface area contributed by atoms with Crippen molar-refractivity contribution in [3.63, 3.8) is 0 Å². The molecule has 0 saturated carbocycles. The molecule has 2 aromatic carbocycles. The smallest absolute Gasteiger partial charge is 0.266 e. The Labute approximate surface area is 188 Å². The number of fused-ring (bicyclic) bond motifs is 1. The summed E-state index contributed by atoms with van der Waals surface area (Å²) < 4.78 is 57.0. The van der Waals surface area contributed by atoms with Crippen LogP contribution in [-0.4, -0.2) is 19.5 Å². The molecule has 0 bridgehead atoms. The molecular weight excluding hydrogens is 456 g/mol. The standard InChI is InChI=1S/C21H14F4N8O/c1-8(29-18-14(7-26)17(27)31-21(28)32-18)19-30-16-13(5-11(24)6-15(16)25)20(34)33(19)12-3-9(22)2-10(23)4-12/h2-6,8H,1H3,(H5,27,28,29,31,32). The number of nitriles is 1. The number of hydrogen-bond acceptors (Lipinski definition) is 8. The van der Waals surface area contributed by atoms with Crippen molar-refractivity contribution < 1.29 is 17.6 Å². The topological polar surface area (TPSA) is 149 Å². The predicted molar refractivity (Wildman–Crippen MR) is 115 cm³/mol. The number of nitrogens with one attached hydrogen (secondary N) is 1. The molecule has 0 aliphatic carbocycles. The fourth-order valence-corrected chi connectivity index (χ4v) is 3.42. The number of benzene rings is 2. The van der Waals surface area contributed by atoms with Gasteiger partial charge < -0.3 is 16.8 Å². The number of nitrogen functional groups attached to an aromatic ring is 2. The van der Waals surface area contributed by atoms with Gasteiger partial charge in [0.1, 0.15) is 46.2 Å². The molecule has 0 aliphatic rings. The molecule has 0 radical (unpaired) electrons. The monoisotopic (exact) mass is 470 g/mol. The number of rotatable bonds is 4. The van der Waals surface area contributed by atoms with Crippen LogP contribution in [0.5, 0.6) is 0 Å². The second-order valence-corrected chi connectivity index (χ2v) is 7.19. The Balaban J connectivity index is 2.00. The van der Waals surface area contributed by atoms with Crippen LogP contribution < -0.4 is 22.3 Å². The van der Waals surface area contributed by atoms with Gasteiger partial charge in [-0.1, -0.05) is 0 Å². The zero-order chi connectivity index (χ0) is 24.7. The highest BCUT2D eigenvalue weighted by atomic mass is 19.1. The first-order valence-corrected chi connectivity index (χ1v) is 9.56. The van der Waals surface area contributed by atoms with Crippen molar-refractivity contribution in [3.8, 4) is 11.8 Å². The van der Waals surface area contributed by atoms with Crippen LogP contribution in [-0.2, 0) is 0 Å². The fourth-order valence-electron chi connectivity index (χ4n) is 3.42. The highest BCUT2D eigenvalue weighted by Crippen LogP contribution is 2.26. The second kappa shape index (κ2) is 8.32. The van der Waals surface area contributed by atoms with Crippen molar-refractivity contribution in [2.45, 2.75) is 13.0 Å². The summed E-state index contributed by atoms with van der Waals surface area (Å²) in [6, 6.07) is 4.38. The number of nitrogens with two attached hydrogens (primary N) is 2. The molecule has 4 rings (SSSR count). The van der Waals surface area contributed by atoms with Crippen molar-refractivity contribution in [1.82, 2.24) is 19.5 Å². The van der Waals surface area contributed by atoms with Gasteiger partial charge >= 0.3 is 0 Å². The molecule has 2 aromatic heterocycles. The summed E-state index contributed by atoms with van der Waals surface area (Å²) in [7, 11) is 0. The lowest BCUT2D eigenvalue weighted by atomic mass is 10.1. The molecule has 2 heterocycles. The van der Waals surface area contributed by atoms with Gasteiger partial charge in [-0.15, -0.1) is 0 Å². The van der Waals surface area contributed by atoms with Gasteiger partial charge in [0.25, 0.3) is 5.56 Å². The molecule has 172 valence electrons. The fraction of sp³-hybridized carbons (Fsp3) is 0.0952. The van der Waals surface area contributed by atoms with Gasteiger partial charge in [-0.25, -0.2) is 22.5 Å². The van der Waals surface area contributed by atoms with Gasteiger partial charge in [0.05, 0.1) is 17.1 Å². The van der Waals surface area contributed by atoms with Crippen molar-refractivity contribution >= 4 is 28.5 Å². The zero-order valence-electron chi connectivity index (χ0n) is 17.3. The van der Waals surface area contributed by atoms with E-state index in [2.05, 4.69) is 20.3 Å². The van der Waals surface area contributed by atoms with Gasteiger partial charge in [0.2, 0.25) is 5.95 Å². The lowest BCUT2D eigenvalue weighted by Gasteiger charge is -2.21. The van der Waals surface area contributed by atoms with E-state index in [-0.39, 0.29) is 34.7 Å². The van der Waals surface area contributed by atoms with Crippen LogP contribution in [0.3, 0.4) is 0 Å². The van der Waals surface area contributed by atoms with Crippen LogP contribution in [0.2, 0.25) is 0 Å². The summed E-state index contributed by atoms with van der Waals surface area (Å²) in [5, 5.41) is 11.7. The third kappa shape index (κ3) is 3.92. The Morgan fingerprint density at radius 3 is 2.29 bits per heavy atom. The minimum Gasteiger partial charge on any atom is -0.382 e. The molecule has 0 spiro atoms. The molecule has 13 heteroatoms. The predicted octanol–water partition coefficient (Wildman–Crippen LogP) is 2.94. The Morgan fingerprint density at radius 1 is 1.00 bits per heavy atom. The highest BCUT2D eigenvalue weighted by molar-refractivity contribution is 5.79. The van der Waals surface area contributed by atoms with Gasteiger partial charge in [0, 0.05) is 12.1 Å². The number of anilines is 3. The molecule has 0 fully saturated rings. The lowest BCUT2D eigenvalue weighted by Crippen LogP contribution is -2.28. The van der Waals surface area contributed by atoms with E-state index in [9.17, 15) is 27.6 Å². The highest BCUT2D eigenvalue weighted by Gasteiger charge is 2.23. The minimum atomic E-state index is -1.12. The Hall–Kier alpha value is -4.73. The first kappa shape index (κ1) is 22.5. The average Bonchev–Trinajstić information content (AvgIpc) is 2.73. The SMILES string of the molecule is CC(Nc1nc(N)nc(N)c1C#N)c1nc2c(F)cc(F)cc2c(=O)n1-c1cc(F)cc(F)c1. The largest absolute Gasteiger partial charge is 0.382 e. The molecule has 1 unspecified atom stereocenters. The molecule has 0 saturated heterocycles. The first-order valence-electron chi connectivity index (χ1n) is 9.56. The third-order valence-corrected chi connectivity index (χ3v) is 4.83. The summed E-state index contributed by atoms with van der Waals surface area (Å²) in [5.74, 6) is -4.98. The molecule has 0 amide bonds. The quantitative estimate of drug-likeness (QED) is 0.386. The van der Waals surface area contributed by atoms with E-state index >= 15 is 0 Å². The van der Waals surface area contributed by atoms with E-state index in [0.29, 0.717) is 12.1 Å². The minimum absolute atomic E-state index is 0.120. The van der Waals surface area contributed by atoms with E-state index in [1.165, 1.54) is 6.92 Å². The maximum absolute atomic E-state index is 14.5. The summed E-state index contributed by atoms with van der Waals surface area (Å²) >= 11 is 0. The van der Waals surface area contributed by atoms with E-state index in [1.54, 1.807) is 0 Å². The van der Waals surface area contributed by atoms with Crippen molar-refractivity contribution in [1.29, 1.82) is 5.26 Å². The van der Waals surface area contributed by atoms with Crippen molar-refractivity contribution in [3.05, 3.63) is 75.3 Å². The van der Waals surface area contributed by atoms with Crippen LogP contribution in [0.15, 0.2) is 35.1 Å². The van der Waals surface area contributed by atoms with E-state index in [0.717, 1.165) is 22.8 Å². The Bertz CT molecular complexity index is 1540. The van der Waals surface area contributed by atoms with Crippen LogP contribution >= 0.6 is 0 Å². The lowest BCUT2D eigenvalue weighted by molar-refractivity contribution is 0.578. The number of aromatic nitrogens is 4. The van der Waals surface area contributed by atoms with Crippen LogP contribution in [0.25, 0.3) is 16.6 Å². The van der Waals surface area contributed by atoms with Gasteiger partial charge in [-0.05, 0) is 25.1 Å². The second-order valence-electron chi connectivity index (χ2n) is 7.19. The van der Waals surface area contributed by atoms with E-state index in [1.807, 2.05) is 6.07 Å². The van der Waals surface area contributed by atoms with Crippen LogP contribution in [0.1, 0.15) is 24.4 Å². The van der Waals surface area contributed by atoms with Gasteiger partial charge in [0.15, 0.2) is 11.6 Å². The Morgan fingerprint density at radius 2 is 1.65 bits per heavy atom. The molecule has 4 aromatic rings. The molecular formula is C21H14F4N8O. The number of halogens is 4. The zero-order valence-corrected chi connectivity index (χ0v) is 17.3. The van der Waals surface area contributed by atoms with Crippen molar-refractivity contribution in [2.75, 3.05) is 16.8 Å². The van der Waals surface area contributed by atoms with Crippen molar-refractivity contribution in [2.24, 2.45) is 0 Å². The maximum Gasteiger partial charge on any atom is 0.266 e. The number of nitrogens with zero attached hydrogens (tertiary/aromatic N) is 5. The summed E-state index contributed by atoms with van der Waals surface area (Å²) in [6.45, 7) is 1.46. The van der Waals surface area contributed by atoms with Gasteiger partial charge in [-0.3, -0.25) is 9.36 Å². The molecule has 5 N–H and O–H groups in total. The average molecular weight is 470 g/mol. The van der Waals surface area contributed by atoms with Gasteiger partial charge in [-0.2, -0.15) is 15.2 Å². The number of hydrogen-bond donors (Lipinski definition) is 3. The van der Waals surface area contributed by atoms with Crippen LogP contribution in [0, 0.1) is 34.6 Å². The molecule has 0 aliphatic heterocycles. The summed E-state index contributed by atoms with van der Waals surface area (Å²) in [4.78, 5) is 25.0.